The quantitative estimate of drug-likeness (QED) is 0.104. The van der Waals surface area contributed by atoms with Gasteiger partial charge in [-0.3, -0.25) is 4.55 Å². The molecule has 4 N–H and O–H groups in total. The first-order chi connectivity index (χ1) is 13.8. The Bertz CT molecular complexity index is 489. The second-order valence-electron chi connectivity index (χ2n) is 9.21. The molecule has 0 atom stereocenters. The molecule has 6 heteroatoms. The Labute approximate surface area is 188 Å². The third-order valence-electron chi connectivity index (χ3n) is 5.60. The lowest BCUT2D eigenvalue weighted by Gasteiger charge is -2.24. The molecule has 0 aromatic carbocycles. The molecule has 5 nitrogen and oxygen atoms in total. The minimum Gasteiger partial charge on any atom is -0.344 e. The first-order valence-electron chi connectivity index (χ1n) is 12.0. The van der Waals surface area contributed by atoms with Gasteiger partial charge in [-0.05, 0) is 50.4 Å². The Morgan fingerprint density at radius 3 is 1.67 bits per heavy atom. The highest BCUT2D eigenvalue weighted by Gasteiger charge is 2.17. The summed E-state index contributed by atoms with van der Waals surface area (Å²) < 4.78 is 34.0. The molecule has 0 spiro atoms. The average molecular weight is 450 g/mol. The van der Waals surface area contributed by atoms with E-state index in [1.165, 1.54) is 89.9 Å². The first-order valence-corrected chi connectivity index (χ1v) is 13.4. The molecule has 0 amide bonds. The highest BCUT2D eigenvalue weighted by molar-refractivity contribution is 7.80. The van der Waals surface area contributed by atoms with Gasteiger partial charge in [0.05, 0.1) is 6.61 Å². The maximum absolute atomic E-state index is 10.5. The topological polar surface area (TPSA) is 98.6 Å². The van der Waals surface area contributed by atoms with Crippen LogP contribution >= 0.6 is 0 Å². The summed E-state index contributed by atoms with van der Waals surface area (Å²) in [5.41, 5.74) is 0.198. The molecule has 0 fully saturated rings. The number of allylic oxidation sites excluding steroid dienone is 2. The van der Waals surface area contributed by atoms with Crippen molar-refractivity contribution in [2.75, 3.05) is 6.61 Å². The zero-order chi connectivity index (χ0) is 21.8. The van der Waals surface area contributed by atoms with E-state index < -0.39 is 10.4 Å². The van der Waals surface area contributed by atoms with E-state index in [-0.39, 0.29) is 18.2 Å². The van der Waals surface area contributed by atoms with Gasteiger partial charge in [-0.15, -0.1) is 0 Å². The maximum Gasteiger partial charge on any atom is 0.397 e. The van der Waals surface area contributed by atoms with Gasteiger partial charge in [0.2, 0.25) is 0 Å². The number of hydrogen-bond acceptors (Lipinski definition) is 4. The van der Waals surface area contributed by atoms with Gasteiger partial charge in [-0.1, -0.05) is 97.1 Å². The molecule has 30 heavy (non-hydrogen) atoms. The van der Waals surface area contributed by atoms with Crippen molar-refractivity contribution in [2.24, 2.45) is 5.41 Å². The Hall–Kier alpha value is -0.430. The van der Waals surface area contributed by atoms with E-state index in [0.717, 1.165) is 12.8 Å². The van der Waals surface area contributed by atoms with Gasteiger partial charge in [0.15, 0.2) is 0 Å². The molecular weight excluding hydrogens is 398 g/mol. The Kier molecular flexibility index (Phi) is 21.7. The standard InChI is InChI=1S/C24H48O4S.H3N/c1-4-5-6-7-8-9-10-11-12-13-14-15-16-17-18-19-21-24(2,3)22-20-23-28-29(25,26)27;/h11-12H,4-10,13-23H2,1-3H3,(H,25,26,27);1H3/b12-11-;. The lowest BCUT2D eigenvalue weighted by atomic mass is 9.82. The minimum absolute atomic E-state index is 0. The Balaban J connectivity index is 0. The summed E-state index contributed by atoms with van der Waals surface area (Å²) in [5.74, 6) is 0. The van der Waals surface area contributed by atoms with Crippen LogP contribution in [0.15, 0.2) is 12.2 Å². The largest absolute Gasteiger partial charge is 0.397 e. The fourth-order valence-corrected chi connectivity index (χ4v) is 4.02. The lowest BCUT2D eigenvalue weighted by molar-refractivity contribution is 0.225. The molecule has 182 valence electrons. The molecule has 0 radical (unpaired) electrons. The predicted molar refractivity (Wildman–Crippen MR) is 130 cm³/mol. The third kappa shape index (κ3) is 25.6. The van der Waals surface area contributed by atoms with Crippen LogP contribution in [0.4, 0.5) is 0 Å². The highest BCUT2D eigenvalue weighted by Crippen LogP contribution is 2.29. The summed E-state index contributed by atoms with van der Waals surface area (Å²) in [4.78, 5) is 0. The molecule has 0 aliphatic carbocycles. The first kappa shape index (κ1) is 31.8. The van der Waals surface area contributed by atoms with Crippen molar-refractivity contribution in [3.05, 3.63) is 12.2 Å². The zero-order valence-corrected chi connectivity index (χ0v) is 21.0. The van der Waals surface area contributed by atoms with Crippen LogP contribution in [0, 0.1) is 5.41 Å². The van der Waals surface area contributed by atoms with Crippen LogP contribution in [-0.4, -0.2) is 19.6 Å². The van der Waals surface area contributed by atoms with Gasteiger partial charge in [0, 0.05) is 0 Å². The minimum atomic E-state index is -4.29. The summed E-state index contributed by atoms with van der Waals surface area (Å²) in [5, 5.41) is 0. The molecule has 0 aromatic rings. The van der Waals surface area contributed by atoms with Crippen LogP contribution in [0.2, 0.25) is 0 Å². The molecule has 0 aliphatic rings. The fraction of sp³-hybridized carbons (Fsp3) is 0.917. The van der Waals surface area contributed by atoms with Gasteiger partial charge in [0.1, 0.15) is 0 Å². The molecule has 0 heterocycles. The fourth-order valence-electron chi connectivity index (χ4n) is 3.69. The summed E-state index contributed by atoms with van der Waals surface area (Å²) >= 11 is 0. The number of rotatable bonds is 21. The SMILES string of the molecule is CCCCCCCC/C=C\CCCCCCCCC(C)(C)CCCOS(=O)(=O)O.N. The van der Waals surface area contributed by atoms with Crippen LogP contribution in [0.25, 0.3) is 0 Å². The summed E-state index contributed by atoms with van der Waals surface area (Å²) in [6, 6.07) is 0. The maximum atomic E-state index is 10.5. The van der Waals surface area contributed by atoms with Crippen LogP contribution < -0.4 is 6.15 Å². The van der Waals surface area contributed by atoms with E-state index in [1.54, 1.807) is 0 Å². The van der Waals surface area contributed by atoms with Crippen molar-refractivity contribution in [3.63, 3.8) is 0 Å². The van der Waals surface area contributed by atoms with Crippen LogP contribution in [0.3, 0.4) is 0 Å². The second-order valence-corrected chi connectivity index (χ2v) is 10.3. The molecule has 0 bridgehead atoms. The van der Waals surface area contributed by atoms with Gasteiger partial charge in [0.25, 0.3) is 0 Å². The zero-order valence-electron chi connectivity index (χ0n) is 20.2. The predicted octanol–water partition coefficient (Wildman–Crippen LogP) is 8.20. The van der Waals surface area contributed by atoms with Crippen molar-refractivity contribution in [2.45, 2.75) is 130 Å². The van der Waals surface area contributed by atoms with Crippen molar-refractivity contribution >= 4 is 10.4 Å². The third-order valence-corrected chi connectivity index (χ3v) is 6.06. The number of unbranched alkanes of at least 4 members (excludes halogenated alkanes) is 12. The van der Waals surface area contributed by atoms with E-state index in [0.29, 0.717) is 6.42 Å². The van der Waals surface area contributed by atoms with E-state index in [4.69, 9.17) is 4.55 Å². The van der Waals surface area contributed by atoms with E-state index in [2.05, 4.69) is 37.1 Å². The molecule has 0 saturated heterocycles. The van der Waals surface area contributed by atoms with E-state index in [1.807, 2.05) is 0 Å². The van der Waals surface area contributed by atoms with Crippen LogP contribution in [-0.2, 0) is 14.6 Å². The summed E-state index contributed by atoms with van der Waals surface area (Å²) in [7, 11) is -4.29. The molecule has 0 aromatic heterocycles. The second kappa shape index (κ2) is 20.5. The Morgan fingerprint density at radius 1 is 0.733 bits per heavy atom. The van der Waals surface area contributed by atoms with Gasteiger partial charge >= 0.3 is 10.4 Å². The lowest BCUT2D eigenvalue weighted by Crippen LogP contribution is -2.13. The summed E-state index contributed by atoms with van der Waals surface area (Å²) in [6.45, 7) is 6.77. The van der Waals surface area contributed by atoms with Crippen LogP contribution in [0.1, 0.15) is 130 Å². The molecule has 0 aliphatic heterocycles. The molecule has 0 rings (SSSR count). The Morgan fingerprint density at radius 2 is 1.17 bits per heavy atom. The van der Waals surface area contributed by atoms with E-state index in [9.17, 15) is 8.42 Å². The number of hydrogen-bond donors (Lipinski definition) is 2. The van der Waals surface area contributed by atoms with Gasteiger partial charge in [-0.2, -0.15) is 8.42 Å². The molecule has 0 unspecified atom stereocenters. The smallest absolute Gasteiger partial charge is 0.344 e. The monoisotopic (exact) mass is 449 g/mol. The molecular formula is C24H51NO4S. The van der Waals surface area contributed by atoms with Gasteiger partial charge in [-0.25, -0.2) is 4.18 Å². The van der Waals surface area contributed by atoms with Gasteiger partial charge < -0.3 is 6.15 Å². The molecule has 0 saturated carbocycles. The van der Waals surface area contributed by atoms with Crippen molar-refractivity contribution in [3.8, 4) is 0 Å². The van der Waals surface area contributed by atoms with Crippen molar-refractivity contribution in [1.82, 2.24) is 6.15 Å². The highest BCUT2D eigenvalue weighted by atomic mass is 32.3. The normalized spacial score (nSPS) is 12.4. The van der Waals surface area contributed by atoms with E-state index >= 15 is 0 Å². The average Bonchev–Trinajstić information content (AvgIpc) is 2.64. The van der Waals surface area contributed by atoms with Crippen molar-refractivity contribution < 1.29 is 17.2 Å². The summed E-state index contributed by atoms with van der Waals surface area (Å²) in [6.07, 6.45) is 26.0. The van der Waals surface area contributed by atoms with Crippen molar-refractivity contribution in [1.29, 1.82) is 0 Å². The van der Waals surface area contributed by atoms with Crippen LogP contribution in [0.5, 0.6) is 0 Å².